The lowest BCUT2D eigenvalue weighted by molar-refractivity contribution is -0.117. The molecule has 2 aromatic rings. The quantitative estimate of drug-likeness (QED) is 0.932. The number of hydrogen-bond acceptors (Lipinski definition) is 3. The fraction of sp³-hybridized carbons (Fsp3) is 0.400. The van der Waals surface area contributed by atoms with E-state index in [-0.39, 0.29) is 11.8 Å². The Labute approximate surface area is 118 Å². The van der Waals surface area contributed by atoms with Crippen molar-refractivity contribution in [3.8, 4) is 5.82 Å². The topological polar surface area (TPSA) is 59.8 Å². The second-order valence-corrected chi connectivity index (χ2v) is 5.55. The molecule has 2 aromatic heterocycles. The van der Waals surface area contributed by atoms with Crippen molar-refractivity contribution in [1.82, 2.24) is 14.8 Å². The number of nitrogens with zero attached hydrogens (tertiary/aromatic N) is 3. The Morgan fingerprint density at radius 1 is 1.40 bits per heavy atom. The number of aryl methyl sites for hydroxylation is 2. The lowest BCUT2D eigenvalue weighted by Crippen LogP contribution is -2.14. The molecule has 1 aliphatic carbocycles. The molecule has 0 aliphatic heterocycles. The predicted octanol–water partition coefficient (Wildman–Crippen LogP) is 2.48. The second-order valence-electron chi connectivity index (χ2n) is 5.55. The van der Waals surface area contributed by atoms with Crippen LogP contribution in [0.4, 0.5) is 5.69 Å². The van der Waals surface area contributed by atoms with Crippen molar-refractivity contribution in [3.63, 3.8) is 0 Å². The molecule has 0 spiro atoms. The lowest BCUT2D eigenvalue weighted by atomic mass is 10.3. The van der Waals surface area contributed by atoms with Crippen LogP contribution in [0.3, 0.4) is 0 Å². The Hall–Kier alpha value is -2.17. The highest BCUT2D eigenvalue weighted by Gasteiger charge is 2.39. The molecule has 1 amide bonds. The fourth-order valence-electron chi connectivity index (χ4n) is 2.37. The second kappa shape index (κ2) is 4.74. The molecule has 2 heterocycles. The van der Waals surface area contributed by atoms with Crippen molar-refractivity contribution in [2.45, 2.75) is 27.2 Å². The Balaban J connectivity index is 1.74. The summed E-state index contributed by atoms with van der Waals surface area (Å²) in [5, 5.41) is 7.29. The van der Waals surface area contributed by atoms with Crippen molar-refractivity contribution >= 4 is 11.6 Å². The molecule has 0 saturated heterocycles. The number of hydrogen-bond donors (Lipinski definition) is 1. The van der Waals surface area contributed by atoms with Crippen LogP contribution < -0.4 is 5.32 Å². The molecule has 0 bridgehead atoms. The van der Waals surface area contributed by atoms with E-state index in [1.165, 1.54) is 0 Å². The third kappa shape index (κ3) is 2.43. The highest BCUT2D eigenvalue weighted by atomic mass is 16.2. The monoisotopic (exact) mass is 270 g/mol. The Morgan fingerprint density at radius 3 is 2.65 bits per heavy atom. The average Bonchev–Trinajstić information content (AvgIpc) is 3.05. The number of amides is 1. The van der Waals surface area contributed by atoms with E-state index in [1.807, 2.05) is 32.0 Å². The van der Waals surface area contributed by atoms with E-state index in [1.54, 1.807) is 10.9 Å². The number of pyridine rings is 1. The minimum atomic E-state index is 0.0955. The van der Waals surface area contributed by atoms with E-state index in [0.717, 1.165) is 29.3 Å². The molecule has 1 fully saturated rings. The van der Waals surface area contributed by atoms with E-state index < -0.39 is 0 Å². The van der Waals surface area contributed by atoms with Crippen molar-refractivity contribution in [2.75, 3.05) is 5.32 Å². The Kier molecular flexibility index (Phi) is 3.04. The molecule has 1 N–H and O–H groups in total. The van der Waals surface area contributed by atoms with Gasteiger partial charge in [0.25, 0.3) is 0 Å². The molecule has 5 nitrogen and oxygen atoms in total. The Bertz CT molecular complexity index is 644. The molecule has 104 valence electrons. The van der Waals surface area contributed by atoms with Crippen LogP contribution in [-0.4, -0.2) is 20.7 Å². The van der Waals surface area contributed by atoms with E-state index in [2.05, 4.69) is 22.3 Å². The van der Waals surface area contributed by atoms with Crippen LogP contribution in [0.5, 0.6) is 0 Å². The number of carbonyl (C=O) groups excluding carboxylic acids is 1. The van der Waals surface area contributed by atoms with Gasteiger partial charge in [-0.25, -0.2) is 9.67 Å². The first-order valence-electron chi connectivity index (χ1n) is 6.85. The molecule has 20 heavy (non-hydrogen) atoms. The van der Waals surface area contributed by atoms with Crippen LogP contribution in [0.15, 0.2) is 24.4 Å². The van der Waals surface area contributed by atoms with Gasteiger partial charge in [0.1, 0.15) is 0 Å². The molecule has 5 heteroatoms. The van der Waals surface area contributed by atoms with Gasteiger partial charge in [0.2, 0.25) is 5.91 Å². The molecular weight excluding hydrogens is 252 g/mol. The van der Waals surface area contributed by atoms with Gasteiger partial charge in [0.15, 0.2) is 5.82 Å². The third-order valence-corrected chi connectivity index (χ3v) is 3.69. The zero-order chi connectivity index (χ0) is 14.3. The van der Waals surface area contributed by atoms with Gasteiger partial charge in [-0.05, 0) is 44.4 Å². The number of carbonyl (C=O) groups is 1. The van der Waals surface area contributed by atoms with Gasteiger partial charge >= 0.3 is 0 Å². The van der Waals surface area contributed by atoms with Crippen LogP contribution in [0.1, 0.15) is 24.7 Å². The van der Waals surface area contributed by atoms with Crippen LogP contribution >= 0.6 is 0 Å². The number of aromatic nitrogens is 3. The maximum absolute atomic E-state index is 11.8. The van der Waals surface area contributed by atoms with Gasteiger partial charge < -0.3 is 5.32 Å². The fourth-order valence-corrected chi connectivity index (χ4v) is 2.37. The van der Waals surface area contributed by atoms with Gasteiger partial charge in [0.05, 0.1) is 17.6 Å². The average molecular weight is 270 g/mol. The molecule has 0 aromatic carbocycles. The van der Waals surface area contributed by atoms with Crippen molar-refractivity contribution in [3.05, 3.63) is 35.8 Å². The summed E-state index contributed by atoms with van der Waals surface area (Å²) in [6.07, 6.45) is 2.67. The molecular formula is C15H18N4O. The normalized spacial score (nSPS) is 20.8. The summed E-state index contributed by atoms with van der Waals surface area (Å²) in [6.45, 7) is 6.04. The van der Waals surface area contributed by atoms with Gasteiger partial charge in [-0.1, -0.05) is 6.92 Å². The van der Waals surface area contributed by atoms with E-state index in [9.17, 15) is 4.79 Å². The van der Waals surface area contributed by atoms with Crippen LogP contribution in [0, 0.1) is 25.7 Å². The van der Waals surface area contributed by atoms with Gasteiger partial charge in [-0.2, -0.15) is 5.10 Å². The summed E-state index contributed by atoms with van der Waals surface area (Å²) in [6, 6.07) is 5.74. The van der Waals surface area contributed by atoms with Crippen LogP contribution in [0.2, 0.25) is 0 Å². The van der Waals surface area contributed by atoms with E-state index in [4.69, 9.17) is 0 Å². The minimum absolute atomic E-state index is 0.0955. The largest absolute Gasteiger partial charge is 0.324 e. The molecule has 2 unspecified atom stereocenters. The lowest BCUT2D eigenvalue weighted by Gasteiger charge is -2.06. The van der Waals surface area contributed by atoms with E-state index in [0.29, 0.717) is 5.92 Å². The van der Waals surface area contributed by atoms with Crippen molar-refractivity contribution in [2.24, 2.45) is 11.8 Å². The van der Waals surface area contributed by atoms with Crippen molar-refractivity contribution in [1.29, 1.82) is 0 Å². The first kappa shape index (κ1) is 12.8. The van der Waals surface area contributed by atoms with Crippen LogP contribution in [-0.2, 0) is 4.79 Å². The number of nitrogens with one attached hydrogen (secondary N) is 1. The summed E-state index contributed by atoms with van der Waals surface area (Å²) >= 11 is 0. The summed E-state index contributed by atoms with van der Waals surface area (Å²) in [5.41, 5.74) is 2.74. The molecule has 2 atom stereocenters. The summed E-state index contributed by atoms with van der Waals surface area (Å²) in [5.74, 6) is 1.54. The minimum Gasteiger partial charge on any atom is -0.324 e. The molecule has 3 rings (SSSR count). The number of rotatable bonds is 3. The zero-order valence-electron chi connectivity index (χ0n) is 11.9. The zero-order valence-corrected chi connectivity index (χ0v) is 11.9. The maximum atomic E-state index is 11.8. The highest BCUT2D eigenvalue weighted by molar-refractivity contribution is 5.94. The van der Waals surface area contributed by atoms with Crippen LogP contribution in [0.25, 0.3) is 5.82 Å². The Morgan fingerprint density at radius 2 is 2.15 bits per heavy atom. The standard InChI is InChI=1S/C15H18N4O/c1-9-6-13(9)15(20)17-12-4-5-14(16-8-12)19-11(3)7-10(2)18-19/h4-5,7-9,13H,6H2,1-3H3,(H,17,20). The first-order chi connectivity index (χ1) is 9.54. The highest BCUT2D eigenvalue weighted by Crippen LogP contribution is 2.38. The number of anilines is 1. The SMILES string of the molecule is Cc1cc(C)n(-c2ccc(NC(=O)C3CC3C)cn2)n1. The summed E-state index contributed by atoms with van der Waals surface area (Å²) in [7, 11) is 0. The van der Waals surface area contributed by atoms with Gasteiger partial charge in [-0.3, -0.25) is 4.79 Å². The third-order valence-electron chi connectivity index (χ3n) is 3.69. The first-order valence-corrected chi connectivity index (χ1v) is 6.85. The molecule has 1 saturated carbocycles. The maximum Gasteiger partial charge on any atom is 0.227 e. The summed E-state index contributed by atoms with van der Waals surface area (Å²) < 4.78 is 1.80. The van der Waals surface area contributed by atoms with Gasteiger partial charge in [0, 0.05) is 11.6 Å². The summed E-state index contributed by atoms with van der Waals surface area (Å²) in [4.78, 5) is 16.2. The van der Waals surface area contributed by atoms with E-state index >= 15 is 0 Å². The smallest absolute Gasteiger partial charge is 0.227 e. The molecule has 1 aliphatic rings. The molecule has 0 radical (unpaired) electrons. The van der Waals surface area contributed by atoms with Gasteiger partial charge in [-0.15, -0.1) is 0 Å². The van der Waals surface area contributed by atoms with Crippen molar-refractivity contribution < 1.29 is 4.79 Å². The predicted molar refractivity (Wildman–Crippen MR) is 76.7 cm³/mol.